The second kappa shape index (κ2) is 6.26. The van der Waals surface area contributed by atoms with E-state index in [0.717, 1.165) is 25.7 Å². The molecular weight excluding hydrogens is 242 g/mol. The SMILES string of the molecule is CC(C)(C)CCNC(=O)C1(C(N)=NO)CCCCC1. The fourth-order valence-electron chi connectivity index (χ4n) is 2.57. The standard InChI is InChI=1S/C14H27N3O2/c1-13(2,3)9-10-16-12(18)14(11(15)17-19)7-5-4-6-8-14/h19H,4-10H2,1-3H3,(H2,15,17)(H,16,18). The Kier molecular flexibility index (Phi) is 5.20. The Labute approximate surface area is 115 Å². The third-order valence-corrected chi connectivity index (χ3v) is 3.90. The summed E-state index contributed by atoms with van der Waals surface area (Å²) in [5.41, 5.74) is 5.16. The number of hydrogen-bond acceptors (Lipinski definition) is 3. The van der Waals surface area contributed by atoms with Crippen molar-refractivity contribution in [3.05, 3.63) is 0 Å². The van der Waals surface area contributed by atoms with Crippen LogP contribution in [0.2, 0.25) is 0 Å². The van der Waals surface area contributed by atoms with E-state index in [9.17, 15) is 4.79 Å². The summed E-state index contributed by atoms with van der Waals surface area (Å²) in [6.45, 7) is 7.04. The first kappa shape index (κ1) is 15.8. The van der Waals surface area contributed by atoms with E-state index in [2.05, 4.69) is 31.2 Å². The van der Waals surface area contributed by atoms with Gasteiger partial charge in [-0.1, -0.05) is 45.2 Å². The molecule has 0 aromatic carbocycles. The minimum atomic E-state index is -0.801. The molecule has 0 aromatic heterocycles. The topological polar surface area (TPSA) is 87.7 Å². The van der Waals surface area contributed by atoms with E-state index < -0.39 is 5.41 Å². The Hall–Kier alpha value is -1.26. The summed E-state index contributed by atoms with van der Waals surface area (Å²) < 4.78 is 0. The lowest BCUT2D eigenvalue weighted by Crippen LogP contribution is -2.51. The molecule has 0 atom stereocenters. The molecule has 1 saturated carbocycles. The number of nitrogens with one attached hydrogen (secondary N) is 1. The molecule has 1 fully saturated rings. The molecule has 0 heterocycles. The van der Waals surface area contributed by atoms with Crippen LogP contribution in [0, 0.1) is 10.8 Å². The highest BCUT2D eigenvalue weighted by molar-refractivity contribution is 6.06. The molecule has 5 heteroatoms. The van der Waals surface area contributed by atoms with Gasteiger partial charge in [0.25, 0.3) is 0 Å². The number of amides is 1. The highest BCUT2D eigenvalue weighted by Crippen LogP contribution is 2.36. The van der Waals surface area contributed by atoms with Crippen molar-refractivity contribution in [3.63, 3.8) is 0 Å². The molecule has 1 rings (SSSR count). The number of rotatable bonds is 4. The van der Waals surface area contributed by atoms with E-state index in [1.807, 2.05) is 0 Å². The van der Waals surface area contributed by atoms with Crippen LogP contribution in [0.25, 0.3) is 0 Å². The smallest absolute Gasteiger partial charge is 0.233 e. The van der Waals surface area contributed by atoms with Gasteiger partial charge in [-0.05, 0) is 24.7 Å². The van der Waals surface area contributed by atoms with Crippen LogP contribution in [0.5, 0.6) is 0 Å². The molecule has 0 aromatic rings. The Morgan fingerprint density at radius 2 is 1.89 bits per heavy atom. The molecule has 5 nitrogen and oxygen atoms in total. The number of hydrogen-bond donors (Lipinski definition) is 3. The maximum Gasteiger partial charge on any atom is 0.233 e. The molecule has 0 radical (unpaired) electrons. The van der Waals surface area contributed by atoms with E-state index in [-0.39, 0.29) is 17.2 Å². The van der Waals surface area contributed by atoms with Gasteiger partial charge >= 0.3 is 0 Å². The van der Waals surface area contributed by atoms with Gasteiger partial charge in [0.2, 0.25) is 5.91 Å². The van der Waals surface area contributed by atoms with Gasteiger partial charge in [-0.25, -0.2) is 0 Å². The zero-order valence-electron chi connectivity index (χ0n) is 12.3. The lowest BCUT2D eigenvalue weighted by molar-refractivity contribution is -0.129. The predicted molar refractivity (Wildman–Crippen MR) is 76.0 cm³/mol. The van der Waals surface area contributed by atoms with Gasteiger partial charge in [0.05, 0.1) is 0 Å². The molecule has 19 heavy (non-hydrogen) atoms. The van der Waals surface area contributed by atoms with Gasteiger partial charge in [-0.3, -0.25) is 4.79 Å². The fourth-order valence-corrected chi connectivity index (χ4v) is 2.57. The van der Waals surface area contributed by atoms with Gasteiger partial charge < -0.3 is 16.3 Å². The Balaban J connectivity index is 2.68. The highest BCUT2D eigenvalue weighted by atomic mass is 16.4. The average Bonchev–Trinajstić information content (AvgIpc) is 2.36. The molecule has 1 amide bonds. The van der Waals surface area contributed by atoms with Gasteiger partial charge in [0, 0.05) is 6.54 Å². The fraction of sp³-hybridized carbons (Fsp3) is 0.857. The Morgan fingerprint density at radius 1 is 1.32 bits per heavy atom. The van der Waals surface area contributed by atoms with E-state index in [0.29, 0.717) is 19.4 Å². The minimum absolute atomic E-state index is 0.0560. The Bertz CT molecular complexity index is 339. The lowest BCUT2D eigenvalue weighted by Gasteiger charge is -2.34. The van der Waals surface area contributed by atoms with Crippen molar-refractivity contribution in [2.75, 3.05) is 6.54 Å². The van der Waals surface area contributed by atoms with Crippen LogP contribution >= 0.6 is 0 Å². The highest BCUT2D eigenvalue weighted by Gasteiger charge is 2.43. The first-order chi connectivity index (χ1) is 8.82. The lowest BCUT2D eigenvalue weighted by atomic mass is 9.72. The van der Waals surface area contributed by atoms with Crippen LogP contribution in [-0.4, -0.2) is 23.5 Å². The third kappa shape index (κ3) is 4.11. The molecule has 110 valence electrons. The van der Waals surface area contributed by atoms with Gasteiger partial charge in [0.15, 0.2) is 5.84 Å². The minimum Gasteiger partial charge on any atom is -0.409 e. The van der Waals surface area contributed by atoms with E-state index >= 15 is 0 Å². The summed E-state index contributed by atoms with van der Waals surface area (Å²) in [5.74, 6) is -0.0350. The van der Waals surface area contributed by atoms with Crippen molar-refractivity contribution in [2.45, 2.75) is 59.3 Å². The van der Waals surface area contributed by atoms with Gasteiger partial charge in [-0.2, -0.15) is 0 Å². The number of nitrogens with two attached hydrogens (primary N) is 1. The molecule has 0 saturated heterocycles. The number of carbonyl (C=O) groups is 1. The largest absolute Gasteiger partial charge is 0.409 e. The molecule has 0 unspecified atom stereocenters. The molecular formula is C14H27N3O2. The van der Waals surface area contributed by atoms with Crippen molar-refractivity contribution in [2.24, 2.45) is 21.7 Å². The van der Waals surface area contributed by atoms with Crippen molar-refractivity contribution in [1.82, 2.24) is 5.32 Å². The molecule has 1 aliphatic carbocycles. The summed E-state index contributed by atoms with van der Waals surface area (Å²) in [4.78, 5) is 12.4. The van der Waals surface area contributed by atoms with Crippen LogP contribution in [0.3, 0.4) is 0 Å². The van der Waals surface area contributed by atoms with Crippen LogP contribution < -0.4 is 11.1 Å². The molecule has 0 aliphatic heterocycles. The normalized spacial score (nSPS) is 20.1. The number of oxime groups is 1. The van der Waals surface area contributed by atoms with Gasteiger partial charge in [-0.15, -0.1) is 0 Å². The zero-order chi connectivity index (χ0) is 14.5. The number of carbonyl (C=O) groups excluding carboxylic acids is 1. The second-order valence-electron chi connectivity index (χ2n) is 6.69. The van der Waals surface area contributed by atoms with Gasteiger partial charge in [0.1, 0.15) is 5.41 Å². The third-order valence-electron chi connectivity index (χ3n) is 3.90. The average molecular weight is 269 g/mol. The summed E-state index contributed by atoms with van der Waals surface area (Å²) in [6.07, 6.45) is 5.25. The molecule has 4 N–H and O–H groups in total. The van der Waals surface area contributed by atoms with Crippen LogP contribution in [0.15, 0.2) is 5.16 Å². The predicted octanol–water partition coefficient (Wildman–Crippen LogP) is 2.24. The summed E-state index contributed by atoms with van der Waals surface area (Å²) in [5, 5.41) is 15.0. The van der Waals surface area contributed by atoms with Crippen LogP contribution in [-0.2, 0) is 4.79 Å². The maximum absolute atomic E-state index is 12.4. The molecule has 0 bridgehead atoms. The van der Waals surface area contributed by atoms with E-state index in [1.165, 1.54) is 0 Å². The zero-order valence-corrected chi connectivity index (χ0v) is 12.3. The van der Waals surface area contributed by atoms with E-state index in [1.54, 1.807) is 0 Å². The quantitative estimate of drug-likeness (QED) is 0.316. The maximum atomic E-state index is 12.4. The number of nitrogens with zero attached hydrogens (tertiary/aromatic N) is 1. The molecule has 1 aliphatic rings. The van der Waals surface area contributed by atoms with E-state index in [4.69, 9.17) is 10.9 Å². The first-order valence-electron chi connectivity index (χ1n) is 7.08. The monoisotopic (exact) mass is 269 g/mol. The van der Waals surface area contributed by atoms with Crippen molar-refractivity contribution in [3.8, 4) is 0 Å². The summed E-state index contributed by atoms with van der Waals surface area (Å²) >= 11 is 0. The second-order valence-corrected chi connectivity index (χ2v) is 6.69. The van der Waals surface area contributed by atoms with Crippen LogP contribution in [0.1, 0.15) is 59.3 Å². The van der Waals surface area contributed by atoms with Crippen molar-refractivity contribution >= 4 is 11.7 Å². The molecule has 0 spiro atoms. The van der Waals surface area contributed by atoms with Crippen molar-refractivity contribution < 1.29 is 10.0 Å². The summed E-state index contributed by atoms with van der Waals surface area (Å²) in [6, 6.07) is 0. The van der Waals surface area contributed by atoms with Crippen LogP contribution in [0.4, 0.5) is 0 Å². The summed E-state index contributed by atoms with van der Waals surface area (Å²) in [7, 11) is 0. The number of amidine groups is 1. The first-order valence-corrected chi connectivity index (χ1v) is 7.08. The Morgan fingerprint density at radius 3 is 2.37 bits per heavy atom. The van der Waals surface area contributed by atoms with Crippen molar-refractivity contribution in [1.29, 1.82) is 0 Å².